The Morgan fingerprint density at radius 2 is 1.79 bits per heavy atom. The summed E-state index contributed by atoms with van der Waals surface area (Å²) in [5, 5.41) is 12.2. The Morgan fingerprint density at radius 3 is 2.47 bits per heavy atom. The number of benzene rings is 2. The van der Waals surface area contributed by atoms with Crippen molar-refractivity contribution in [2.24, 2.45) is 0 Å². The third-order valence-corrected chi connectivity index (χ3v) is 6.40. The fourth-order valence-electron chi connectivity index (χ4n) is 3.78. The minimum absolute atomic E-state index is 0.00799. The van der Waals surface area contributed by atoms with E-state index < -0.39 is 0 Å². The van der Waals surface area contributed by atoms with Crippen molar-refractivity contribution < 1.29 is 18.7 Å². The number of nitrogens with one attached hydrogen (secondary N) is 1. The first-order valence-corrected chi connectivity index (χ1v) is 12.1. The number of amides is 2. The molecule has 4 rings (SSSR count). The minimum atomic E-state index is -0.333. The molecule has 0 aliphatic carbocycles. The number of thioether (sulfide) groups is 1. The van der Waals surface area contributed by atoms with Crippen LogP contribution in [0.3, 0.4) is 0 Å². The van der Waals surface area contributed by atoms with Crippen LogP contribution in [0.2, 0.25) is 0 Å². The molecule has 1 aliphatic rings. The smallest absolute Gasteiger partial charge is 0.409 e. The van der Waals surface area contributed by atoms with Crippen LogP contribution in [0.15, 0.2) is 59.8 Å². The second-order valence-corrected chi connectivity index (χ2v) is 8.74. The highest BCUT2D eigenvalue weighted by molar-refractivity contribution is 7.99. The van der Waals surface area contributed by atoms with Gasteiger partial charge in [-0.2, -0.15) is 0 Å². The van der Waals surface area contributed by atoms with E-state index in [0.29, 0.717) is 49.2 Å². The quantitative estimate of drug-likeness (QED) is 0.513. The summed E-state index contributed by atoms with van der Waals surface area (Å²) in [5.41, 5.74) is 1.57. The van der Waals surface area contributed by atoms with Crippen molar-refractivity contribution in [2.45, 2.75) is 31.0 Å². The van der Waals surface area contributed by atoms with Gasteiger partial charge in [0.25, 0.3) is 0 Å². The molecule has 3 aromatic rings. The largest absolute Gasteiger partial charge is 0.450 e. The zero-order chi connectivity index (χ0) is 23.9. The lowest BCUT2D eigenvalue weighted by Gasteiger charge is -2.31. The summed E-state index contributed by atoms with van der Waals surface area (Å²) in [6.45, 7) is 3.23. The predicted molar refractivity (Wildman–Crippen MR) is 127 cm³/mol. The number of hydrogen-bond donors (Lipinski definition) is 1. The minimum Gasteiger partial charge on any atom is -0.450 e. The topological polar surface area (TPSA) is 89.3 Å². The molecule has 1 saturated heterocycles. The number of ether oxygens (including phenoxy) is 1. The van der Waals surface area contributed by atoms with Crippen molar-refractivity contribution in [3.05, 3.63) is 60.4 Å². The van der Waals surface area contributed by atoms with Crippen molar-refractivity contribution in [3.63, 3.8) is 0 Å². The number of rotatable bonds is 7. The fraction of sp³-hybridized carbons (Fsp3) is 0.333. The third-order valence-electron chi connectivity index (χ3n) is 5.47. The van der Waals surface area contributed by atoms with Gasteiger partial charge in [0.05, 0.1) is 12.4 Å². The summed E-state index contributed by atoms with van der Waals surface area (Å²) >= 11 is 1.27. The van der Waals surface area contributed by atoms with E-state index in [0.717, 1.165) is 5.56 Å². The lowest BCUT2D eigenvalue weighted by atomic mass is 10.1. The SMILES string of the molecule is CCOC(=O)N1CCC(NC(=O)CSc2nnc(-c3ccccc3)n2-c2ccc(F)cc2)CC1. The van der Waals surface area contributed by atoms with Gasteiger partial charge in [0, 0.05) is 30.4 Å². The van der Waals surface area contributed by atoms with Crippen LogP contribution in [0, 0.1) is 5.82 Å². The molecule has 1 aromatic heterocycles. The highest BCUT2D eigenvalue weighted by Gasteiger charge is 2.25. The van der Waals surface area contributed by atoms with Gasteiger partial charge in [-0.05, 0) is 44.0 Å². The van der Waals surface area contributed by atoms with Crippen LogP contribution in [0.4, 0.5) is 9.18 Å². The number of nitrogens with zero attached hydrogens (tertiary/aromatic N) is 4. The van der Waals surface area contributed by atoms with E-state index >= 15 is 0 Å². The average molecular weight is 484 g/mol. The molecule has 0 spiro atoms. The van der Waals surface area contributed by atoms with Crippen LogP contribution in [0.5, 0.6) is 0 Å². The summed E-state index contributed by atoms with van der Waals surface area (Å²) in [5.74, 6) is 0.322. The van der Waals surface area contributed by atoms with Crippen molar-refractivity contribution >= 4 is 23.8 Å². The molecule has 0 unspecified atom stereocenters. The lowest BCUT2D eigenvalue weighted by molar-refractivity contribution is -0.119. The fourth-order valence-corrected chi connectivity index (χ4v) is 4.54. The van der Waals surface area contributed by atoms with E-state index in [4.69, 9.17) is 4.74 Å². The van der Waals surface area contributed by atoms with Crippen LogP contribution in [0.25, 0.3) is 17.1 Å². The molecule has 1 aliphatic heterocycles. The van der Waals surface area contributed by atoms with Crippen molar-refractivity contribution in [1.82, 2.24) is 25.0 Å². The summed E-state index contributed by atoms with van der Waals surface area (Å²) in [7, 11) is 0. The molecule has 0 bridgehead atoms. The van der Waals surface area contributed by atoms with Crippen LogP contribution >= 0.6 is 11.8 Å². The molecule has 10 heteroatoms. The molecule has 178 valence electrons. The van der Waals surface area contributed by atoms with Crippen molar-refractivity contribution in [1.29, 1.82) is 0 Å². The van der Waals surface area contributed by atoms with Gasteiger partial charge in [-0.25, -0.2) is 9.18 Å². The number of piperidine rings is 1. The van der Waals surface area contributed by atoms with E-state index in [9.17, 15) is 14.0 Å². The maximum atomic E-state index is 13.5. The molecule has 1 fully saturated rings. The van der Waals surface area contributed by atoms with E-state index in [1.165, 1.54) is 23.9 Å². The molecule has 2 heterocycles. The summed E-state index contributed by atoms with van der Waals surface area (Å²) in [4.78, 5) is 26.1. The predicted octanol–water partition coefficient (Wildman–Crippen LogP) is 3.90. The third kappa shape index (κ3) is 5.74. The molecular formula is C24H26FN5O3S. The van der Waals surface area contributed by atoms with E-state index in [2.05, 4.69) is 15.5 Å². The molecule has 0 radical (unpaired) electrons. The van der Waals surface area contributed by atoms with Crippen LogP contribution in [0.1, 0.15) is 19.8 Å². The zero-order valence-corrected chi connectivity index (χ0v) is 19.6. The lowest BCUT2D eigenvalue weighted by Crippen LogP contribution is -2.47. The van der Waals surface area contributed by atoms with E-state index in [-0.39, 0.29) is 29.6 Å². The number of aromatic nitrogens is 3. The Kier molecular flexibility index (Phi) is 7.79. The highest BCUT2D eigenvalue weighted by Crippen LogP contribution is 2.28. The van der Waals surface area contributed by atoms with Crippen LogP contribution in [-0.2, 0) is 9.53 Å². The van der Waals surface area contributed by atoms with Crippen molar-refractivity contribution in [2.75, 3.05) is 25.4 Å². The molecule has 2 amide bonds. The Balaban J connectivity index is 1.41. The first-order valence-electron chi connectivity index (χ1n) is 11.2. The van der Waals surface area contributed by atoms with Gasteiger partial charge in [0.15, 0.2) is 11.0 Å². The zero-order valence-electron chi connectivity index (χ0n) is 18.8. The standard InChI is InChI=1S/C24H26FN5O3S/c1-2-33-24(32)29-14-12-19(13-15-29)26-21(31)16-34-23-28-27-22(17-6-4-3-5-7-17)30(23)20-10-8-18(25)9-11-20/h3-11,19H,2,12-16H2,1H3,(H,26,31). The van der Waals surface area contributed by atoms with Gasteiger partial charge >= 0.3 is 6.09 Å². The number of carbonyl (C=O) groups is 2. The monoisotopic (exact) mass is 483 g/mol. The van der Waals surface area contributed by atoms with E-state index in [1.54, 1.807) is 24.0 Å². The van der Waals surface area contributed by atoms with Gasteiger partial charge in [0.2, 0.25) is 5.91 Å². The Hall–Kier alpha value is -3.40. The van der Waals surface area contributed by atoms with Gasteiger partial charge < -0.3 is 15.0 Å². The molecule has 34 heavy (non-hydrogen) atoms. The maximum Gasteiger partial charge on any atom is 0.409 e. The summed E-state index contributed by atoms with van der Waals surface area (Å²) in [6, 6.07) is 15.7. The van der Waals surface area contributed by atoms with Gasteiger partial charge in [0.1, 0.15) is 5.82 Å². The second-order valence-electron chi connectivity index (χ2n) is 7.80. The summed E-state index contributed by atoms with van der Waals surface area (Å²) in [6.07, 6.45) is 1.05. The number of hydrogen-bond acceptors (Lipinski definition) is 6. The number of likely N-dealkylation sites (tertiary alicyclic amines) is 1. The Bertz CT molecular complexity index is 1120. The molecule has 0 atom stereocenters. The molecule has 2 aromatic carbocycles. The summed E-state index contributed by atoms with van der Waals surface area (Å²) < 4.78 is 20.4. The van der Waals surface area contributed by atoms with Gasteiger partial charge in [-0.15, -0.1) is 10.2 Å². The van der Waals surface area contributed by atoms with Crippen LogP contribution < -0.4 is 5.32 Å². The maximum absolute atomic E-state index is 13.5. The molecular weight excluding hydrogens is 457 g/mol. The first-order chi connectivity index (χ1) is 16.5. The second kappa shape index (κ2) is 11.1. The van der Waals surface area contributed by atoms with Gasteiger partial charge in [-0.3, -0.25) is 9.36 Å². The first kappa shape index (κ1) is 23.7. The molecule has 8 nitrogen and oxygen atoms in total. The Morgan fingerprint density at radius 1 is 1.09 bits per heavy atom. The van der Waals surface area contributed by atoms with Gasteiger partial charge in [-0.1, -0.05) is 42.1 Å². The van der Waals surface area contributed by atoms with E-state index in [1.807, 2.05) is 34.9 Å². The van der Waals surface area contributed by atoms with Crippen molar-refractivity contribution in [3.8, 4) is 17.1 Å². The van der Waals surface area contributed by atoms with Crippen LogP contribution in [-0.4, -0.2) is 63.2 Å². The number of carbonyl (C=O) groups excluding carboxylic acids is 2. The molecule has 0 saturated carbocycles. The average Bonchev–Trinajstić information content (AvgIpc) is 3.28. The number of halogens is 1. The normalized spacial score (nSPS) is 14.1. The highest BCUT2D eigenvalue weighted by atomic mass is 32.2. The molecule has 1 N–H and O–H groups in total. The Labute approximate surface area is 201 Å².